The number of aryl methyl sites for hydroxylation is 1. The lowest BCUT2D eigenvalue weighted by molar-refractivity contribution is 0.102. The minimum absolute atomic E-state index is 0.238. The zero-order chi connectivity index (χ0) is 14.2. The molecule has 100 valence electrons. The number of anilines is 2. The minimum Gasteiger partial charge on any atom is -0.397 e. The van der Waals surface area contributed by atoms with Gasteiger partial charge in [0.15, 0.2) is 5.82 Å². The Morgan fingerprint density at radius 2 is 2.05 bits per heavy atom. The van der Waals surface area contributed by atoms with Crippen LogP contribution in [0.2, 0.25) is 10.0 Å². The van der Waals surface area contributed by atoms with Gasteiger partial charge in [-0.25, -0.2) is 0 Å². The van der Waals surface area contributed by atoms with E-state index in [0.717, 1.165) is 11.3 Å². The van der Waals surface area contributed by atoms with Crippen molar-refractivity contribution in [2.75, 3.05) is 11.1 Å². The van der Waals surface area contributed by atoms with Crippen molar-refractivity contribution in [3.05, 3.63) is 39.0 Å². The molecule has 0 aliphatic rings. The summed E-state index contributed by atoms with van der Waals surface area (Å²) in [5.74, 6) is 0.131. The molecule has 0 unspecified atom stereocenters. The zero-order valence-electron chi connectivity index (χ0n) is 10.3. The van der Waals surface area contributed by atoms with Crippen molar-refractivity contribution in [1.82, 2.24) is 10.2 Å². The Morgan fingerprint density at radius 1 is 1.37 bits per heavy atom. The number of rotatable bonds is 2. The number of halogens is 2. The van der Waals surface area contributed by atoms with E-state index in [2.05, 4.69) is 15.5 Å². The van der Waals surface area contributed by atoms with Crippen LogP contribution in [0.15, 0.2) is 12.1 Å². The number of carbonyl (C=O) groups excluding carboxylic acids is 1. The number of H-pyrrole nitrogens is 1. The smallest absolute Gasteiger partial charge is 0.257 e. The molecule has 0 fully saturated rings. The second-order valence-corrected chi connectivity index (χ2v) is 4.92. The first-order valence-electron chi connectivity index (χ1n) is 5.47. The second kappa shape index (κ2) is 5.11. The predicted octanol–water partition coefficient (Wildman–Crippen LogP) is 3.17. The first-order valence-corrected chi connectivity index (χ1v) is 6.23. The van der Waals surface area contributed by atoms with E-state index in [1.165, 1.54) is 12.1 Å². The number of amides is 1. The van der Waals surface area contributed by atoms with Gasteiger partial charge in [-0.15, -0.1) is 0 Å². The molecular weight excluding hydrogens is 287 g/mol. The molecule has 1 amide bonds. The summed E-state index contributed by atoms with van der Waals surface area (Å²) < 4.78 is 0. The highest BCUT2D eigenvalue weighted by Gasteiger charge is 2.14. The van der Waals surface area contributed by atoms with E-state index < -0.39 is 0 Å². The van der Waals surface area contributed by atoms with Gasteiger partial charge >= 0.3 is 0 Å². The summed E-state index contributed by atoms with van der Waals surface area (Å²) in [6, 6.07) is 2.93. The van der Waals surface area contributed by atoms with Crippen LogP contribution in [0.4, 0.5) is 11.5 Å². The molecule has 0 bridgehead atoms. The number of nitrogen functional groups attached to an aromatic ring is 1. The normalized spacial score (nSPS) is 10.5. The maximum Gasteiger partial charge on any atom is 0.257 e. The fourth-order valence-electron chi connectivity index (χ4n) is 1.53. The van der Waals surface area contributed by atoms with Gasteiger partial charge < -0.3 is 11.1 Å². The van der Waals surface area contributed by atoms with Crippen molar-refractivity contribution in [2.24, 2.45) is 0 Å². The van der Waals surface area contributed by atoms with E-state index in [9.17, 15) is 4.79 Å². The fraction of sp³-hybridized carbons (Fsp3) is 0.167. The third-order valence-corrected chi connectivity index (χ3v) is 3.62. The number of aromatic amines is 1. The van der Waals surface area contributed by atoms with Crippen LogP contribution in [0.5, 0.6) is 0 Å². The highest BCUT2D eigenvalue weighted by molar-refractivity contribution is 6.44. The molecule has 0 aliphatic carbocycles. The highest BCUT2D eigenvalue weighted by atomic mass is 35.5. The predicted molar refractivity (Wildman–Crippen MR) is 76.9 cm³/mol. The van der Waals surface area contributed by atoms with Gasteiger partial charge in [-0.1, -0.05) is 23.2 Å². The molecule has 7 heteroatoms. The van der Waals surface area contributed by atoms with Gasteiger partial charge in [0.1, 0.15) is 0 Å². The molecule has 0 atom stereocenters. The van der Waals surface area contributed by atoms with Crippen molar-refractivity contribution < 1.29 is 4.79 Å². The van der Waals surface area contributed by atoms with Gasteiger partial charge in [0, 0.05) is 16.8 Å². The maximum absolute atomic E-state index is 12.1. The van der Waals surface area contributed by atoms with Crippen molar-refractivity contribution >= 4 is 40.6 Å². The Labute approximate surface area is 120 Å². The number of nitrogens with one attached hydrogen (secondary N) is 2. The summed E-state index contributed by atoms with van der Waals surface area (Å²) in [5.41, 5.74) is 8.02. The molecule has 0 saturated carbocycles. The van der Waals surface area contributed by atoms with E-state index in [1.807, 2.05) is 13.8 Å². The lowest BCUT2D eigenvalue weighted by atomic mass is 10.2. The average Bonchev–Trinajstić information content (AvgIpc) is 2.67. The van der Waals surface area contributed by atoms with E-state index in [1.54, 1.807) is 0 Å². The molecule has 0 spiro atoms. The molecule has 1 heterocycles. The molecular formula is C12H12Cl2N4O. The van der Waals surface area contributed by atoms with Crippen LogP contribution in [0.25, 0.3) is 0 Å². The Kier molecular flexibility index (Phi) is 3.68. The molecule has 0 aliphatic heterocycles. The SMILES string of the molecule is Cc1[nH]nc(NC(=O)c2cc(N)c(Cl)c(Cl)c2)c1C. The number of hydrogen-bond acceptors (Lipinski definition) is 3. The van der Waals surface area contributed by atoms with Crippen molar-refractivity contribution in [3.63, 3.8) is 0 Å². The number of nitrogens with zero attached hydrogens (tertiary/aromatic N) is 1. The molecule has 4 N–H and O–H groups in total. The van der Waals surface area contributed by atoms with Gasteiger partial charge in [-0.05, 0) is 26.0 Å². The molecule has 0 saturated heterocycles. The molecule has 0 radical (unpaired) electrons. The average molecular weight is 299 g/mol. The molecule has 19 heavy (non-hydrogen) atoms. The summed E-state index contributed by atoms with van der Waals surface area (Å²) in [7, 11) is 0. The number of hydrogen-bond donors (Lipinski definition) is 3. The van der Waals surface area contributed by atoms with Crippen LogP contribution in [0.3, 0.4) is 0 Å². The number of nitrogens with two attached hydrogens (primary N) is 1. The van der Waals surface area contributed by atoms with Gasteiger partial charge in [-0.2, -0.15) is 5.10 Å². The monoisotopic (exact) mass is 298 g/mol. The van der Waals surface area contributed by atoms with E-state index in [4.69, 9.17) is 28.9 Å². The Hall–Kier alpha value is -1.72. The van der Waals surface area contributed by atoms with Gasteiger partial charge in [0.2, 0.25) is 0 Å². The lowest BCUT2D eigenvalue weighted by Gasteiger charge is -2.07. The second-order valence-electron chi connectivity index (χ2n) is 4.14. The zero-order valence-corrected chi connectivity index (χ0v) is 11.9. The summed E-state index contributed by atoms with van der Waals surface area (Å²) in [5, 5.41) is 9.95. The Balaban J connectivity index is 2.28. The molecule has 2 rings (SSSR count). The van der Waals surface area contributed by atoms with Crippen LogP contribution >= 0.6 is 23.2 Å². The van der Waals surface area contributed by atoms with E-state index in [0.29, 0.717) is 11.4 Å². The number of aromatic nitrogens is 2. The Bertz CT molecular complexity index is 628. The number of benzene rings is 1. The Morgan fingerprint density at radius 3 is 2.58 bits per heavy atom. The van der Waals surface area contributed by atoms with E-state index in [-0.39, 0.29) is 21.6 Å². The van der Waals surface area contributed by atoms with Crippen molar-refractivity contribution in [3.8, 4) is 0 Å². The number of carbonyl (C=O) groups is 1. The van der Waals surface area contributed by atoms with Crippen LogP contribution in [0, 0.1) is 13.8 Å². The third-order valence-electron chi connectivity index (χ3n) is 2.80. The standard InChI is InChI=1S/C12H12Cl2N4O/c1-5-6(2)17-18-11(5)16-12(19)7-3-8(13)10(14)9(15)4-7/h3-4H,15H2,1-2H3,(H2,16,17,18,19). The minimum atomic E-state index is -0.347. The summed E-state index contributed by atoms with van der Waals surface area (Å²) in [6.07, 6.45) is 0. The van der Waals surface area contributed by atoms with Gasteiger partial charge in [0.25, 0.3) is 5.91 Å². The molecule has 1 aromatic carbocycles. The van der Waals surface area contributed by atoms with Gasteiger partial charge in [0.05, 0.1) is 15.7 Å². The third kappa shape index (κ3) is 2.67. The summed E-state index contributed by atoms with van der Waals surface area (Å²) in [4.78, 5) is 12.1. The molecule has 1 aromatic heterocycles. The largest absolute Gasteiger partial charge is 0.397 e. The van der Waals surface area contributed by atoms with Crippen LogP contribution in [0.1, 0.15) is 21.6 Å². The van der Waals surface area contributed by atoms with Crippen LogP contribution < -0.4 is 11.1 Å². The summed E-state index contributed by atoms with van der Waals surface area (Å²) in [6.45, 7) is 3.73. The topological polar surface area (TPSA) is 83.8 Å². The quantitative estimate of drug-likeness (QED) is 0.745. The highest BCUT2D eigenvalue weighted by Crippen LogP contribution is 2.29. The summed E-state index contributed by atoms with van der Waals surface area (Å²) >= 11 is 11.7. The fourth-order valence-corrected chi connectivity index (χ4v) is 1.86. The van der Waals surface area contributed by atoms with Crippen molar-refractivity contribution in [2.45, 2.75) is 13.8 Å². The molecule has 2 aromatic rings. The molecule has 5 nitrogen and oxygen atoms in total. The first-order chi connectivity index (χ1) is 8.90. The maximum atomic E-state index is 12.1. The first kappa shape index (κ1) is 13.7. The van der Waals surface area contributed by atoms with E-state index >= 15 is 0 Å². The van der Waals surface area contributed by atoms with Crippen LogP contribution in [-0.2, 0) is 0 Å². The van der Waals surface area contributed by atoms with Gasteiger partial charge in [-0.3, -0.25) is 9.89 Å². The van der Waals surface area contributed by atoms with Crippen LogP contribution in [-0.4, -0.2) is 16.1 Å². The lowest BCUT2D eigenvalue weighted by Crippen LogP contribution is -2.13. The van der Waals surface area contributed by atoms with Crippen molar-refractivity contribution in [1.29, 1.82) is 0 Å².